The van der Waals surface area contributed by atoms with E-state index in [1.807, 2.05) is 18.7 Å². The van der Waals surface area contributed by atoms with Crippen LogP contribution in [0.15, 0.2) is 42.5 Å². The Morgan fingerprint density at radius 1 is 1.07 bits per heavy atom. The number of rotatable bonds is 5. The van der Waals surface area contributed by atoms with Gasteiger partial charge in [-0.15, -0.1) is 0 Å². The third-order valence-electron chi connectivity index (χ3n) is 4.70. The molecule has 29 heavy (non-hydrogen) atoms. The van der Waals surface area contributed by atoms with Gasteiger partial charge in [-0.25, -0.2) is 4.39 Å². The Balaban J connectivity index is 1.71. The average molecular weight is 399 g/mol. The van der Waals surface area contributed by atoms with E-state index in [2.05, 4.69) is 10.6 Å². The molecule has 0 saturated carbocycles. The zero-order chi connectivity index (χ0) is 21.0. The van der Waals surface area contributed by atoms with Crippen LogP contribution in [-0.4, -0.2) is 37.1 Å². The fraction of sp³-hybridized carbons (Fsp3) is 0.364. The summed E-state index contributed by atoms with van der Waals surface area (Å²) >= 11 is 0. The van der Waals surface area contributed by atoms with Crippen LogP contribution in [0.25, 0.3) is 0 Å². The number of ether oxygens (including phenoxy) is 1. The summed E-state index contributed by atoms with van der Waals surface area (Å²) < 4.78 is 20.4. The lowest BCUT2D eigenvalue weighted by Crippen LogP contribution is -2.45. The molecule has 1 aliphatic rings. The molecule has 2 aromatic carbocycles. The maximum absolute atomic E-state index is 14.7. The van der Waals surface area contributed by atoms with Gasteiger partial charge in [0, 0.05) is 36.4 Å². The molecule has 3 rings (SSSR count). The highest BCUT2D eigenvalue weighted by molar-refractivity contribution is 6.05. The fourth-order valence-electron chi connectivity index (χ4n) is 3.41. The zero-order valence-electron chi connectivity index (χ0n) is 16.9. The number of benzene rings is 2. The van der Waals surface area contributed by atoms with Gasteiger partial charge in [0.05, 0.1) is 17.9 Å². The molecule has 2 aromatic rings. The van der Waals surface area contributed by atoms with Crippen molar-refractivity contribution >= 4 is 28.9 Å². The summed E-state index contributed by atoms with van der Waals surface area (Å²) in [6.07, 6.45) is 0.402. The fourth-order valence-corrected chi connectivity index (χ4v) is 3.41. The Kier molecular flexibility index (Phi) is 6.49. The Labute approximate surface area is 170 Å². The molecule has 0 spiro atoms. The van der Waals surface area contributed by atoms with Crippen LogP contribution >= 0.6 is 0 Å². The van der Waals surface area contributed by atoms with Crippen LogP contribution in [0.3, 0.4) is 0 Å². The Bertz CT molecular complexity index is 893. The first-order chi connectivity index (χ1) is 13.9. The number of carbonyl (C=O) groups is 2. The van der Waals surface area contributed by atoms with Gasteiger partial charge < -0.3 is 20.3 Å². The van der Waals surface area contributed by atoms with E-state index < -0.39 is 5.82 Å². The topological polar surface area (TPSA) is 70.7 Å². The molecule has 1 heterocycles. The predicted molar refractivity (Wildman–Crippen MR) is 112 cm³/mol. The van der Waals surface area contributed by atoms with Gasteiger partial charge in [-0.3, -0.25) is 9.59 Å². The molecule has 2 unspecified atom stereocenters. The Morgan fingerprint density at radius 3 is 2.41 bits per heavy atom. The van der Waals surface area contributed by atoms with E-state index in [-0.39, 0.29) is 24.0 Å². The van der Waals surface area contributed by atoms with Gasteiger partial charge >= 0.3 is 0 Å². The largest absolute Gasteiger partial charge is 0.372 e. The van der Waals surface area contributed by atoms with Crippen LogP contribution in [-0.2, 0) is 9.53 Å². The normalized spacial score (nSPS) is 19.0. The molecule has 0 aromatic heterocycles. The van der Waals surface area contributed by atoms with E-state index in [4.69, 9.17) is 4.74 Å². The molecule has 2 amide bonds. The van der Waals surface area contributed by atoms with E-state index in [0.29, 0.717) is 42.1 Å². The first-order valence-electron chi connectivity index (χ1n) is 9.77. The first kappa shape index (κ1) is 20.8. The molecule has 154 valence electrons. The average Bonchev–Trinajstić information content (AvgIpc) is 2.67. The lowest BCUT2D eigenvalue weighted by Gasteiger charge is -2.37. The number of hydrogen-bond donors (Lipinski definition) is 2. The molecule has 0 radical (unpaired) electrons. The van der Waals surface area contributed by atoms with Crippen molar-refractivity contribution in [3.63, 3.8) is 0 Å². The second-order valence-corrected chi connectivity index (χ2v) is 7.27. The smallest absolute Gasteiger partial charge is 0.255 e. The van der Waals surface area contributed by atoms with Gasteiger partial charge in [-0.05, 0) is 50.2 Å². The van der Waals surface area contributed by atoms with Crippen LogP contribution in [0.5, 0.6) is 0 Å². The molecule has 1 aliphatic heterocycles. The monoisotopic (exact) mass is 399 g/mol. The van der Waals surface area contributed by atoms with Crippen LogP contribution in [0, 0.1) is 5.82 Å². The van der Waals surface area contributed by atoms with E-state index in [0.717, 1.165) is 0 Å². The lowest BCUT2D eigenvalue weighted by atomic mass is 10.1. The molecule has 7 heteroatoms. The number of nitrogens with zero attached hydrogens (tertiary/aromatic N) is 1. The van der Waals surface area contributed by atoms with Gasteiger partial charge in [0.15, 0.2) is 0 Å². The second kappa shape index (κ2) is 9.05. The Hall–Kier alpha value is -2.93. The molecule has 1 saturated heterocycles. The van der Waals surface area contributed by atoms with E-state index >= 15 is 0 Å². The van der Waals surface area contributed by atoms with Crippen molar-refractivity contribution in [2.75, 3.05) is 28.6 Å². The minimum Gasteiger partial charge on any atom is -0.372 e. The molecular formula is C22H26FN3O3. The van der Waals surface area contributed by atoms with Crippen LogP contribution in [0.2, 0.25) is 0 Å². The minimum absolute atomic E-state index is 0.0259. The third kappa shape index (κ3) is 5.32. The highest BCUT2D eigenvalue weighted by Gasteiger charge is 2.24. The van der Waals surface area contributed by atoms with Crippen molar-refractivity contribution in [3.8, 4) is 0 Å². The molecule has 0 bridgehead atoms. The SMILES string of the molecule is CCC(=O)Nc1cccc(C(=O)Nc2ccc(N3CC(C)OC(C)C3)c(F)c2)c1. The number of amides is 2. The van der Waals surface area contributed by atoms with Crippen molar-refractivity contribution in [3.05, 3.63) is 53.8 Å². The summed E-state index contributed by atoms with van der Waals surface area (Å²) in [7, 11) is 0. The van der Waals surface area contributed by atoms with Crippen molar-refractivity contribution in [2.24, 2.45) is 0 Å². The minimum atomic E-state index is -0.395. The zero-order valence-corrected chi connectivity index (χ0v) is 16.9. The van der Waals surface area contributed by atoms with Gasteiger partial charge in [-0.2, -0.15) is 0 Å². The van der Waals surface area contributed by atoms with E-state index in [9.17, 15) is 14.0 Å². The molecule has 2 N–H and O–H groups in total. The second-order valence-electron chi connectivity index (χ2n) is 7.27. The summed E-state index contributed by atoms with van der Waals surface area (Å²) in [5.74, 6) is -0.904. The van der Waals surface area contributed by atoms with Crippen LogP contribution < -0.4 is 15.5 Å². The quantitative estimate of drug-likeness (QED) is 0.796. The number of morpholine rings is 1. The summed E-state index contributed by atoms with van der Waals surface area (Å²) in [4.78, 5) is 26.0. The number of carbonyl (C=O) groups excluding carboxylic acids is 2. The summed E-state index contributed by atoms with van der Waals surface area (Å²) in [6.45, 7) is 6.91. The molecule has 1 fully saturated rings. The maximum Gasteiger partial charge on any atom is 0.255 e. The predicted octanol–water partition coefficient (Wildman–Crippen LogP) is 4.04. The van der Waals surface area contributed by atoms with Crippen molar-refractivity contribution in [1.29, 1.82) is 0 Å². The van der Waals surface area contributed by atoms with Crippen molar-refractivity contribution < 1.29 is 18.7 Å². The number of nitrogens with one attached hydrogen (secondary N) is 2. The van der Waals surface area contributed by atoms with Crippen molar-refractivity contribution in [2.45, 2.75) is 39.4 Å². The molecule has 6 nitrogen and oxygen atoms in total. The number of hydrogen-bond acceptors (Lipinski definition) is 4. The van der Waals surface area contributed by atoms with Crippen LogP contribution in [0.1, 0.15) is 37.6 Å². The van der Waals surface area contributed by atoms with E-state index in [1.165, 1.54) is 6.07 Å². The van der Waals surface area contributed by atoms with Gasteiger partial charge in [0.1, 0.15) is 5.82 Å². The summed E-state index contributed by atoms with van der Waals surface area (Å²) in [5, 5.41) is 5.42. The Morgan fingerprint density at radius 2 is 1.76 bits per heavy atom. The molecule has 2 atom stereocenters. The third-order valence-corrected chi connectivity index (χ3v) is 4.70. The highest BCUT2D eigenvalue weighted by Crippen LogP contribution is 2.26. The summed E-state index contributed by atoms with van der Waals surface area (Å²) in [6, 6.07) is 11.3. The van der Waals surface area contributed by atoms with Gasteiger partial charge in [-0.1, -0.05) is 13.0 Å². The van der Waals surface area contributed by atoms with Gasteiger partial charge in [0.2, 0.25) is 5.91 Å². The highest BCUT2D eigenvalue weighted by atomic mass is 19.1. The number of anilines is 3. The standard InChI is InChI=1S/C22H26FN3O3/c1-4-21(27)24-17-7-5-6-16(10-17)22(28)25-18-8-9-20(19(23)11-18)26-12-14(2)29-15(3)13-26/h5-11,14-15H,4,12-13H2,1-3H3,(H,24,27)(H,25,28). The van der Waals surface area contributed by atoms with Crippen LogP contribution in [0.4, 0.5) is 21.5 Å². The summed E-state index contributed by atoms with van der Waals surface area (Å²) in [5.41, 5.74) is 1.78. The maximum atomic E-state index is 14.7. The van der Waals surface area contributed by atoms with Gasteiger partial charge in [0.25, 0.3) is 5.91 Å². The first-order valence-corrected chi connectivity index (χ1v) is 9.77. The van der Waals surface area contributed by atoms with Crippen molar-refractivity contribution in [1.82, 2.24) is 0 Å². The lowest BCUT2D eigenvalue weighted by molar-refractivity contribution is -0.115. The number of halogens is 1. The molecule has 0 aliphatic carbocycles. The van der Waals surface area contributed by atoms with E-state index in [1.54, 1.807) is 43.3 Å². The molecular weight excluding hydrogens is 373 g/mol.